The Morgan fingerprint density at radius 1 is 1.21 bits per heavy atom. The highest BCUT2D eigenvalue weighted by molar-refractivity contribution is 5.85. The van der Waals surface area contributed by atoms with E-state index >= 15 is 0 Å². The summed E-state index contributed by atoms with van der Waals surface area (Å²) in [7, 11) is 0. The van der Waals surface area contributed by atoms with E-state index in [0.717, 1.165) is 12.8 Å². The lowest BCUT2D eigenvalue weighted by Gasteiger charge is -2.33. The molecule has 3 heteroatoms. The van der Waals surface area contributed by atoms with Crippen LogP contribution in [0.25, 0.3) is 0 Å². The van der Waals surface area contributed by atoms with Crippen molar-refractivity contribution in [1.29, 1.82) is 0 Å². The van der Waals surface area contributed by atoms with Gasteiger partial charge in [0.25, 0.3) is 0 Å². The Morgan fingerprint density at radius 2 is 1.84 bits per heavy atom. The zero-order valence-corrected chi connectivity index (χ0v) is 13.0. The van der Waals surface area contributed by atoms with Gasteiger partial charge in [-0.2, -0.15) is 0 Å². The summed E-state index contributed by atoms with van der Waals surface area (Å²) >= 11 is 0. The number of amides is 1. The van der Waals surface area contributed by atoms with Crippen molar-refractivity contribution in [2.75, 3.05) is 0 Å². The first-order chi connectivity index (χ1) is 9.10. The van der Waals surface area contributed by atoms with Gasteiger partial charge in [-0.05, 0) is 38.0 Å². The van der Waals surface area contributed by atoms with Crippen LogP contribution in [-0.4, -0.2) is 29.1 Å². The number of hydrogen-bond acceptors (Lipinski definition) is 2. The highest BCUT2D eigenvalue weighted by Gasteiger charge is 2.45. The monoisotopic (exact) mass is 266 g/mol. The van der Waals surface area contributed by atoms with Crippen molar-refractivity contribution in [2.45, 2.75) is 84.5 Å². The van der Waals surface area contributed by atoms with E-state index in [-0.39, 0.29) is 6.04 Å². The number of carbonyl (C=O) groups is 1. The second-order valence-corrected chi connectivity index (χ2v) is 6.52. The summed E-state index contributed by atoms with van der Waals surface area (Å²) in [4.78, 5) is 14.9. The summed E-state index contributed by atoms with van der Waals surface area (Å²) in [6, 6.07) is 0.407. The smallest absolute Gasteiger partial charge is 0.241 e. The zero-order valence-electron chi connectivity index (χ0n) is 13.0. The number of hydrogen-bond donors (Lipinski definition) is 1. The summed E-state index contributed by atoms with van der Waals surface area (Å²) < 4.78 is 0. The van der Waals surface area contributed by atoms with Crippen LogP contribution < -0.4 is 5.32 Å². The van der Waals surface area contributed by atoms with Crippen molar-refractivity contribution >= 4 is 5.91 Å². The minimum absolute atomic E-state index is 0.0459. The molecule has 1 saturated carbocycles. The van der Waals surface area contributed by atoms with Gasteiger partial charge in [0.15, 0.2) is 0 Å². The highest BCUT2D eigenvalue weighted by atomic mass is 16.2. The third kappa shape index (κ3) is 2.81. The Labute approximate surface area is 118 Å². The molecule has 4 atom stereocenters. The van der Waals surface area contributed by atoms with E-state index in [1.165, 1.54) is 25.7 Å². The van der Waals surface area contributed by atoms with Crippen molar-refractivity contribution in [2.24, 2.45) is 11.8 Å². The molecule has 2 fully saturated rings. The molecule has 19 heavy (non-hydrogen) atoms. The Kier molecular flexibility index (Phi) is 4.88. The van der Waals surface area contributed by atoms with Gasteiger partial charge in [-0.3, -0.25) is 10.1 Å². The van der Waals surface area contributed by atoms with E-state index in [9.17, 15) is 4.79 Å². The Morgan fingerprint density at radius 3 is 2.37 bits per heavy atom. The van der Waals surface area contributed by atoms with Crippen LogP contribution in [0.2, 0.25) is 0 Å². The van der Waals surface area contributed by atoms with E-state index in [1.54, 1.807) is 0 Å². The van der Waals surface area contributed by atoms with E-state index in [0.29, 0.717) is 30.0 Å². The number of nitrogens with zero attached hydrogens (tertiary/aromatic N) is 1. The van der Waals surface area contributed by atoms with Crippen LogP contribution in [0, 0.1) is 11.8 Å². The maximum atomic E-state index is 12.7. The van der Waals surface area contributed by atoms with Crippen LogP contribution in [0.1, 0.15) is 66.2 Å². The number of nitrogens with one attached hydrogen (secondary N) is 1. The van der Waals surface area contributed by atoms with E-state index in [2.05, 4.69) is 37.9 Å². The standard InChI is InChI=1S/C16H30N2O/c1-5-11(3)14-16(19)18(12(4)6-2)15(17-14)13-9-7-8-10-13/h11-15,17H,5-10H2,1-4H3. The van der Waals surface area contributed by atoms with Crippen molar-refractivity contribution in [3.05, 3.63) is 0 Å². The quantitative estimate of drug-likeness (QED) is 0.829. The fourth-order valence-electron chi connectivity index (χ4n) is 3.60. The molecule has 0 radical (unpaired) electrons. The molecule has 3 nitrogen and oxygen atoms in total. The van der Waals surface area contributed by atoms with Crippen LogP contribution in [0.15, 0.2) is 0 Å². The molecule has 0 aromatic heterocycles. The van der Waals surface area contributed by atoms with Crippen molar-refractivity contribution in [3.63, 3.8) is 0 Å². The molecule has 1 aliphatic heterocycles. The molecule has 1 N–H and O–H groups in total. The molecule has 0 bridgehead atoms. The first-order valence-corrected chi connectivity index (χ1v) is 8.18. The van der Waals surface area contributed by atoms with Gasteiger partial charge in [-0.25, -0.2) is 0 Å². The molecule has 110 valence electrons. The van der Waals surface area contributed by atoms with Gasteiger partial charge in [0.1, 0.15) is 0 Å². The van der Waals surface area contributed by atoms with Crippen LogP contribution >= 0.6 is 0 Å². The average Bonchev–Trinajstić information content (AvgIpc) is 3.04. The van der Waals surface area contributed by atoms with Gasteiger partial charge >= 0.3 is 0 Å². The largest absolute Gasteiger partial charge is 0.323 e. The predicted molar refractivity (Wildman–Crippen MR) is 78.7 cm³/mol. The molecule has 1 heterocycles. The second kappa shape index (κ2) is 6.25. The van der Waals surface area contributed by atoms with Gasteiger partial charge in [0.05, 0.1) is 12.2 Å². The van der Waals surface area contributed by atoms with Gasteiger partial charge in [0, 0.05) is 6.04 Å². The molecule has 0 spiro atoms. The van der Waals surface area contributed by atoms with Crippen molar-refractivity contribution in [3.8, 4) is 0 Å². The summed E-state index contributed by atoms with van der Waals surface area (Å²) in [6.07, 6.45) is 7.64. The van der Waals surface area contributed by atoms with E-state index < -0.39 is 0 Å². The Balaban J connectivity index is 2.17. The van der Waals surface area contributed by atoms with Gasteiger partial charge in [0.2, 0.25) is 5.91 Å². The summed E-state index contributed by atoms with van der Waals surface area (Å²) in [5, 5.41) is 3.68. The normalized spacial score (nSPS) is 32.0. The zero-order chi connectivity index (χ0) is 14.0. The molecule has 4 unspecified atom stereocenters. The maximum absolute atomic E-state index is 12.7. The molecule has 0 aromatic rings. The fraction of sp³-hybridized carbons (Fsp3) is 0.938. The molecule has 2 aliphatic rings. The maximum Gasteiger partial charge on any atom is 0.241 e. The lowest BCUT2D eigenvalue weighted by atomic mass is 9.99. The van der Waals surface area contributed by atoms with Crippen LogP contribution in [-0.2, 0) is 4.79 Å². The molecular formula is C16H30N2O. The summed E-state index contributed by atoms with van der Waals surface area (Å²) in [5.74, 6) is 1.46. The molecular weight excluding hydrogens is 236 g/mol. The third-order valence-electron chi connectivity index (χ3n) is 5.30. The van der Waals surface area contributed by atoms with Crippen LogP contribution in [0.3, 0.4) is 0 Å². The van der Waals surface area contributed by atoms with E-state index in [1.807, 2.05) is 0 Å². The Hall–Kier alpha value is -0.570. The SMILES string of the molecule is CCC(C)C1NC(C2CCCC2)N(C(C)CC)C1=O. The second-order valence-electron chi connectivity index (χ2n) is 6.52. The highest BCUT2D eigenvalue weighted by Crippen LogP contribution is 2.34. The topological polar surface area (TPSA) is 32.3 Å². The lowest BCUT2D eigenvalue weighted by molar-refractivity contribution is -0.133. The molecule has 2 rings (SSSR count). The first kappa shape index (κ1) is 14.8. The molecule has 0 aromatic carbocycles. The first-order valence-electron chi connectivity index (χ1n) is 8.18. The van der Waals surface area contributed by atoms with Crippen LogP contribution in [0.4, 0.5) is 0 Å². The number of carbonyl (C=O) groups excluding carboxylic acids is 1. The van der Waals surface area contributed by atoms with Crippen molar-refractivity contribution in [1.82, 2.24) is 10.2 Å². The molecule has 1 saturated heterocycles. The number of rotatable bonds is 5. The van der Waals surface area contributed by atoms with Crippen LogP contribution in [0.5, 0.6) is 0 Å². The average molecular weight is 266 g/mol. The summed E-state index contributed by atoms with van der Waals surface area (Å²) in [6.45, 7) is 8.75. The minimum Gasteiger partial charge on any atom is -0.323 e. The molecule has 1 aliphatic carbocycles. The minimum atomic E-state index is 0.0459. The molecule has 1 amide bonds. The Bertz CT molecular complexity index is 312. The fourth-order valence-corrected chi connectivity index (χ4v) is 3.60. The van der Waals surface area contributed by atoms with Gasteiger partial charge in [-0.15, -0.1) is 0 Å². The third-order valence-corrected chi connectivity index (χ3v) is 5.30. The van der Waals surface area contributed by atoms with Gasteiger partial charge in [-0.1, -0.05) is 40.0 Å². The predicted octanol–water partition coefficient (Wildman–Crippen LogP) is 3.15. The van der Waals surface area contributed by atoms with E-state index in [4.69, 9.17) is 0 Å². The van der Waals surface area contributed by atoms with Gasteiger partial charge < -0.3 is 4.90 Å². The lowest BCUT2D eigenvalue weighted by Crippen LogP contribution is -2.46. The summed E-state index contributed by atoms with van der Waals surface area (Å²) in [5.41, 5.74) is 0. The van der Waals surface area contributed by atoms with Crippen molar-refractivity contribution < 1.29 is 4.79 Å².